The molecule has 158 valence electrons. The minimum Gasteiger partial charge on any atom is -0.507 e. The fourth-order valence-corrected chi connectivity index (χ4v) is 4.08. The second-order valence-corrected chi connectivity index (χ2v) is 7.48. The van der Waals surface area contributed by atoms with Gasteiger partial charge in [-0.05, 0) is 36.6 Å². The quantitative estimate of drug-likeness (QED) is 0.310. The standard InChI is InChI=1S/C23H24ClNO5/c1-14-12-16(22(30-3)17(24)13-14)20(26)18-19(15-8-5-4-6-9-15)25(10-7-11-29-2)23(28)21(18)27/h4-6,8-9,12-13,19,26H,7,10-11H2,1-3H3/b20-18+. The highest BCUT2D eigenvalue weighted by atomic mass is 35.5. The first kappa shape index (κ1) is 21.9. The third-order valence-corrected chi connectivity index (χ3v) is 5.33. The molecular weight excluding hydrogens is 406 g/mol. The van der Waals surface area contributed by atoms with Crippen molar-refractivity contribution in [3.8, 4) is 5.75 Å². The van der Waals surface area contributed by atoms with Gasteiger partial charge in [-0.1, -0.05) is 41.9 Å². The van der Waals surface area contributed by atoms with Crippen molar-refractivity contribution in [3.05, 3.63) is 69.8 Å². The summed E-state index contributed by atoms with van der Waals surface area (Å²) in [4.78, 5) is 27.3. The minimum absolute atomic E-state index is 0.0172. The van der Waals surface area contributed by atoms with E-state index in [2.05, 4.69) is 0 Å². The van der Waals surface area contributed by atoms with Crippen molar-refractivity contribution in [1.82, 2.24) is 4.90 Å². The Morgan fingerprint density at radius 3 is 2.50 bits per heavy atom. The molecule has 1 N–H and O–H groups in total. The number of aliphatic hydroxyl groups excluding tert-OH is 1. The number of ether oxygens (including phenoxy) is 2. The fourth-order valence-electron chi connectivity index (χ4n) is 3.73. The van der Waals surface area contributed by atoms with E-state index in [4.69, 9.17) is 21.1 Å². The number of hydrogen-bond acceptors (Lipinski definition) is 5. The third kappa shape index (κ3) is 4.06. The molecule has 2 aromatic carbocycles. The number of aryl methyl sites for hydroxylation is 1. The number of aliphatic hydroxyl groups is 1. The number of rotatable bonds is 7. The number of carbonyl (C=O) groups excluding carboxylic acids is 2. The van der Waals surface area contributed by atoms with Crippen LogP contribution in [-0.4, -0.2) is 49.1 Å². The zero-order valence-electron chi connectivity index (χ0n) is 17.1. The summed E-state index contributed by atoms with van der Waals surface area (Å²) in [5.41, 5.74) is 1.81. The summed E-state index contributed by atoms with van der Waals surface area (Å²) in [6.07, 6.45) is 0.562. The van der Waals surface area contributed by atoms with E-state index in [-0.39, 0.29) is 22.6 Å². The van der Waals surface area contributed by atoms with E-state index in [0.717, 1.165) is 11.1 Å². The second kappa shape index (κ2) is 9.32. The summed E-state index contributed by atoms with van der Waals surface area (Å²) in [6, 6.07) is 11.8. The van der Waals surface area contributed by atoms with Crippen LogP contribution in [0.15, 0.2) is 48.0 Å². The van der Waals surface area contributed by atoms with Crippen molar-refractivity contribution < 1.29 is 24.2 Å². The van der Waals surface area contributed by atoms with Crippen LogP contribution in [0.5, 0.6) is 5.75 Å². The van der Waals surface area contributed by atoms with E-state index >= 15 is 0 Å². The maximum atomic E-state index is 13.0. The first-order valence-electron chi connectivity index (χ1n) is 9.57. The van der Waals surface area contributed by atoms with E-state index in [0.29, 0.717) is 24.6 Å². The van der Waals surface area contributed by atoms with Crippen molar-refractivity contribution in [2.75, 3.05) is 27.4 Å². The van der Waals surface area contributed by atoms with Crippen LogP contribution in [0.3, 0.4) is 0 Å². The molecule has 1 amide bonds. The van der Waals surface area contributed by atoms with E-state index in [1.807, 2.05) is 37.3 Å². The molecule has 7 heteroatoms. The maximum Gasteiger partial charge on any atom is 0.295 e. The predicted octanol–water partition coefficient (Wildman–Crippen LogP) is 4.12. The normalized spacial score (nSPS) is 18.1. The van der Waals surface area contributed by atoms with Crippen LogP contribution in [0.1, 0.15) is 29.2 Å². The van der Waals surface area contributed by atoms with E-state index in [9.17, 15) is 14.7 Å². The van der Waals surface area contributed by atoms with Crippen LogP contribution < -0.4 is 4.74 Å². The lowest BCUT2D eigenvalue weighted by Gasteiger charge is -2.25. The molecule has 1 aliphatic rings. The van der Waals surface area contributed by atoms with E-state index in [1.165, 1.54) is 12.0 Å². The SMILES string of the molecule is COCCCN1C(=O)C(=O)/C(=C(/O)c2cc(C)cc(Cl)c2OC)C1c1ccccc1. The molecule has 1 unspecified atom stereocenters. The summed E-state index contributed by atoms with van der Waals surface area (Å²) in [7, 11) is 3.02. The van der Waals surface area contributed by atoms with Crippen molar-refractivity contribution in [3.63, 3.8) is 0 Å². The van der Waals surface area contributed by atoms with Crippen LogP contribution in [0.25, 0.3) is 5.76 Å². The highest BCUT2D eigenvalue weighted by molar-refractivity contribution is 6.46. The molecule has 30 heavy (non-hydrogen) atoms. The molecule has 1 saturated heterocycles. The van der Waals surface area contributed by atoms with Gasteiger partial charge in [0.05, 0.1) is 29.3 Å². The van der Waals surface area contributed by atoms with Crippen molar-refractivity contribution in [2.45, 2.75) is 19.4 Å². The maximum absolute atomic E-state index is 13.0. The second-order valence-electron chi connectivity index (χ2n) is 7.08. The first-order chi connectivity index (χ1) is 14.4. The molecule has 1 atom stereocenters. The number of benzene rings is 2. The van der Waals surface area contributed by atoms with Gasteiger partial charge in [-0.25, -0.2) is 0 Å². The molecule has 0 radical (unpaired) electrons. The zero-order chi connectivity index (χ0) is 21.8. The number of methoxy groups -OCH3 is 2. The summed E-state index contributed by atoms with van der Waals surface area (Å²) < 4.78 is 10.5. The Labute approximate surface area is 180 Å². The number of hydrogen-bond donors (Lipinski definition) is 1. The zero-order valence-corrected chi connectivity index (χ0v) is 17.9. The fraction of sp³-hybridized carbons (Fsp3) is 0.304. The Bertz CT molecular complexity index is 987. The number of likely N-dealkylation sites (tertiary alicyclic amines) is 1. The number of carbonyl (C=O) groups is 2. The molecule has 6 nitrogen and oxygen atoms in total. The number of ketones is 1. The summed E-state index contributed by atoms with van der Waals surface area (Å²) in [5, 5.41) is 11.5. The van der Waals surface area contributed by atoms with Crippen LogP contribution in [0.2, 0.25) is 5.02 Å². The molecule has 2 aromatic rings. The van der Waals surface area contributed by atoms with Gasteiger partial charge >= 0.3 is 0 Å². The van der Waals surface area contributed by atoms with Gasteiger partial charge in [-0.2, -0.15) is 0 Å². The van der Waals surface area contributed by atoms with Gasteiger partial charge in [0.2, 0.25) is 0 Å². The lowest BCUT2D eigenvalue weighted by molar-refractivity contribution is -0.140. The minimum atomic E-state index is -0.738. The predicted molar refractivity (Wildman–Crippen MR) is 115 cm³/mol. The number of amides is 1. The Kier molecular flexibility index (Phi) is 6.80. The average molecular weight is 430 g/mol. The van der Waals surface area contributed by atoms with Gasteiger partial charge in [0.25, 0.3) is 11.7 Å². The van der Waals surface area contributed by atoms with Crippen molar-refractivity contribution >= 4 is 29.1 Å². The summed E-state index contributed by atoms with van der Waals surface area (Å²) in [5.74, 6) is -1.45. The van der Waals surface area contributed by atoms with Gasteiger partial charge in [-0.3, -0.25) is 9.59 Å². The molecule has 1 fully saturated rings. The topological polar surface area (TPSA) is 76.1 Å². The lowest BCUT2D eigenvalue weighted by atomic mass is 9.94. The number of halogens is 1. The average Bonchev–Trinajstić information content (AvgIpc) is 2.98. The molecule has 0 aromatic heterocycles. The van der Waals surface area contributed by atoms with Crippen LogP contribution in [0.4, 0.5) is 0 Å². The van der Waals surface area contributed by atoms with E-state index < -0.39 is 17.7 Å². The van der Waals surface area contributed by atoms with Crippen LogP contribution in [0, 0.1) is 6.92 Å². The number of Topliss-reactive ketones (excluding diaryl/α,β-unsaturated/α-hetero) is 1. The highest BCUT2D eigenvalue weighted by Gasteiger charge is 2.46. The first-order valence-corrected chi connectivity index (χ1v) is 9.95. The molecule has 0 spiro atoms. The van der Waals surface area contributed by atoms with Gasteiger partial charge in [0, 0.05) is 20.3 Å². The molecular formula is C23H24ClNO5. The Morgan fingerprint density at radius 2 is 1.87 bits per heavy atom. The third-order valence-electron chi connectivity index (χ3n) is 5.05. The Morgan fingerprint density at radius 1 is 1.17 bits per heavy atom. The molecule has 0 aliphatic carbocycles. The Balaban J connectivity index is 2.20. The highest BCUT2D eigenvalue weighted by Crippen LogP contribution is 2.42. The van der Waals surface area contributed by atoms with Crippen molar-refractivity contribution in [2.24, 2.45) is 0 Å². The Hall–Kier alpha value is -2.83. The van der Waals surface area contributed by atoms with Crippen LogP contribution >= 0.6 is 11.6 Å². The van der Waals surface area contributed by atoms with Crippen LogP contribution in [-0.2, 0) is 14.3 Å². The molecule has 1 heterocycles. The molecule has 0 saturated carbocycles. The van der Waals surface area contributed by atoms with Crippen molar-refractivity contribution in [1.29, 1.82) is 0 Å². The summed E-state index contributed by atoms with van der Waals surface area (Å²) >= 11 is 6.28. The molecule has 0 bridgehead atoms. The van der Waals surface area contributed by atoms with Gasteiger partial charge in [0.15, 0.2) is 0 Å². The summed E-state index contributed by atoms with van der Waals surface area (Å²) in [6.45, 7) is 2.59. The van der Waals surface area contributed by atoms with Gasteiger partial charge in [0.1, 0.15) is 11.5 Å². The largest absolute Gasteiger partial charge is 0.507 e. The monoisotopic (exact) mass is 429 g/mol. The molecule has 1 aliphatic heterocycles. The smallest absolute Gasteiger partial charge is 0.295 e. The lowest BCUT2D eigenvalue weighted by Crippen LogP contribution is -2.31. The molecule has 3 rings (SSSR count). The van der Waals surface area contributed by atoms with E-state index in [1.54, 1.807) is 19.2 Å². The van der Waals surface area contributed by atoms with Gasteiger partial charge < -0.3 is 19.5 Å². The number of nitrogens with zero attached hydrogens (tertiary/aromatic N) is 1. The van der Waals surface area contributed by atoms with Gasteiger partial charge in [-0.15, -0.1) is 0 Å².